The molecule has 2 heterocycles. The van der Waals surface area contributed by atoms with E-state index in [0.717, 1.165) is 23.4 Å². The summed E-state index contributed by atoms with van der Waals surface area (Å²) in [4.78, 5) is 52.5. The van der Waals surface area contributed by atoms with Crippen LogP contribution in [0.1, 0.15) is 49.2 Å². The Balaban J connectivity index is 1.47. The van der Waals surface area contributed by atoms with E-state index in [4.69, 9.17) is 11.2 Å². The highest BCUT2D eigenvalue weighted by molar-refractivity contribution is 5.81. The van der Waals surface area contributed by atoms with Crippen molar-refractivity contribution in [3.8, 4) is 29.2 Å². The number of aliphatic imine (C=N–C) groups is 1. The van der Waals surface area contributed by atoms with E-state index < -0.39 is 29.1 Å². The molecule has 300 valence electrons. The van der Waals surface area contributed by atoms with Gasteiger partial charge in [0.15, 0.2) is 11.6 Å². The van der Waals surface area contributed by atoms with Crippen molar-refractivity contribution in [2.75, 3.05) is 20.2 Å². The van der Waals surface area contributed by atoms with Crippen LogP contribution in [0.5, 0.6) is 5.75 Å². The standard InChI is InChI=1S/C42H42F5N5O5/c1-6-22-48-38-27(2)39(54)49-35(19-16-31-8-7-9-34(43)37(31)44)52(38)26-36(53)51(32-20-23-50(24-21-32)41(3,4)40(55)56-5)25-28-10-12-29(13-11-28)30-14-17-33(18-15-30)57-42(45,46)47/h1,7-15,17-18,22,32H,16,19-21,23-26H2,2-5H3. The number of methoxy groups -OCH3 is 1. The minimum absolute atomic E-state index is 0.0336. The highest BCUT2D eigenvalue weighted by Gasteiger charge is 2.39. The van der Waals surface area contributed by atoms with Crippen molar-refractivity contribution < 1.29 is 41.0 Å². The van der Waals surface area contributed by atoms with Crippen LogP contribution in [0.4, 0.5) is 27.8 Å². The van der Waals surface area contributed by atoms with Crippen LogP contribution in [-0.4, -0.2) is 75.6 Å². The lowest BCUT2D eigenvalue weighted by atomic mass is 9.95. The Hall–Kier alpha value is -5.88. The Kier molecular flexibility index (Phi) is 13.3. The SMILES string of the molecule is C#CC=Nc1c(C)c(=O)nc(CCc2cccc(F)c2F)n1CC(=O)N(Cc1ccc(-c2ccc(OC(F)(F)F)cc2)cc1)C1CCN(C(C)(C)C(=O)OC)CC1. The lowest BCUT2D eigenvalue weighted by Crippen LogP contribution is -2.56. The van der Waals surface area contributed by atoms with Gasteiger partial charge in [-0.2, -0.15) is 4.98 Å². The van der Waals surface area contributed by atoms with Crippen molar-refractivity contribution >= 4 is 23.9 Å². The van der Waals surface area contributed by atoms with Gasteiger partial charge in [0.25, 0.3) is 5.56 Å². The molecule has 0 spiro atoms. The van der Waals surface area contributed by atoms with Gasteiger partial charge >= 0.3 is 12.3 Å². The first kappa shape index (κ1) is 42.3. The molecule has 1 aliphatic heterocycles. The number of halogens is 5. The predicted molar refractivity (Wildman–Crippen MR) is 204 cm³/mol. The molecule has 15 heteroatoms. The number of terminal acetylenes is 1. The summed E-state index contributed by atoms with van der Waals surface area (Å²) >= 11 is 0. The second-order valence-electron chi connectivity index (χ2n) is 14.1. The number of hydrogen-bond acceptors (Lipinski definition) is 8. The van der Waals surface area contributed by atoms with Gasteiger partial charge in [-0.25, -0.2) is 13.8 Å². The minimum atomic E-state index is -4.81. The molecule has 0 aliphatic carbocycles. The van der Waals surface area contributed by atoms with Crippen LogP contribution in [0.25, 0.3) is 11.1 Å². The van der Waals surface area contributed by atoms with Crippen LogP contribution in [0.15, 0.2) is 76.5 Å². The molecule has 0 N–H and O–H groups in total. The molecule has 0 unspecified atom stereocenters. The van der Waals surface area contributed by atoms with Crippen LogP contribution >= 0.6 is 0 Å². The van der Waals surface area contributed by atoms with Crippen LogP contribution in [0.2, 0.25) is 0 Å². The zero-order valence-corrected chi connectivity index (χ0v) is 31.9. The second kappa shape index (κ2) is 17.9. The molecule has 4 aromatic rings. The molecule has 1 aromatic heterocycles. The number of aryl methyl sites for hydroxylation is 2. The first-order chi connectivity index (χ1) is 27.0. The first-order valence-corrected chi connectivity index (χ1v) is 18.1. The molecule has 5 rings (SSSR count). The first-order valence-electron chi connectivity index (χ1n) is 18.1. The number of piperidine rings is 1. The number of carbonyl (C=O) groups is 2. The molecule has 57 heavy (non-hydrogen) atoms. The van der Waals surface area contributed by atoms with E-state index in [1.165, 1.54) is 55.0 Å². The predicted octanol–water partition coefficient (Wildman–Crippen LogP) is 6.96. The number of ether oxygens (including phenoxy) is 2. The quantitative estimate of drug-likeness (QED) is 0.0624. The largest absolute Gasteiger partial charge is 0.573 e. The molecule has 1 amide bonds. The summed E-state index contributed by atoms with van der Waals surface area (Å²) < 4.78 is 77.2. The van der Waals surface area contributed by atoms with E-state index >= 15 is 0 Å². The average molecular weight is 792 g/mol. The molecule has 3 aromatic carbocycles. The topological polar surface area (TPSA) is 106 Å². The van der Waals surface area contributed by atoms with Gasteiger partial charge in [0, 0.05) is 32.1 Å². The average Bonchev–Trinajstić information content (AvgIpc) is 3.18. The monoisotopic (exact) mass is 791 g/mol. The van der Waals surface area contributed by atoms with Crippen molar-refractivity contribution in [3.05, 3.63) is 111 Å². The number of rotatable bonds is 13. The van der Waals surface area contributed by atoms with Gasteiger partial charge in [0.05, 0.1) is 18.9 Å². The van der Waals surface area contributed by atoms with Gasteiger partial charge in [0.1, 0.15) is 29.5 Å². The van der Waals surface area contributed by atoms with Crippen molar-refractivity contribution in [1.29, 1.82) is 0 Å². The van der Waals surface area contributed by atoms with Gasteiger partial charge < -0.3 is 18.9 Å². The molecule has 10 nitrogen and oxygen atoms in total. The smallest absolute Gasteiger partial charge is 0.468 e. The van der Waals surface area contributed by atoms with E-state index in [1.54, 1.807) is 30.9 Å². The number of likely N-dealkylation sites (tertiary alicyclic amines) is 1. The van der Waals surface area contributed by atoms with Crippen molar-refractivity contribution in [2.24, 2.45) is 4.99 Å². The second-order valence-corrected chi connectivity index (χ2v) is 14.1. The Labute approximate surface area is 326 Å². The van der Waals surface area contributed by atoms with E-state index in [1.807, 2.05) is 17.0 Å². The van der Waals surface area contributed by atoms with E-state index in [2.05, 4.69) is 20.6 Å². The summed E-state index contributed by atoms with van der Waals surface area (Å²) in [7, 11) is 1.33. The van der Waals surface area contributed by atoms with Crippen LogP contribution < -0.4 is 10.3 Å². The van der Waals surface area contributed by atoms with Crippen LogP contribution in [-0.2, 0) is 40.3 Å². The lowest BCUT2D eigenvalue weighted by molar-refractivity contribution is -0.274. The zero-order valence-electron chi connectivity index (χ0n) is 31.9. The number of amides is 1. The maximum absolute atomic E-state index is 14.6. The summed E-state index contributed by atoms with van der Waals surface area (Å²) in [5, 5.41) is 0. The normalized spacial score (nSPS) is 14.0. The van der Waals surface area contributed by atoms with Crippen LogP contribution in [0.3, 0.4) is 0 Å². The lowest BCUT2D eigenvalue weighted by Gasteiger charge is -2.44. The summed E-state index contributed by atoms with van der Waals surface area (Å²) in [6.07, 6.45) is 2.74. The van der Waals surface area contributed by atoms with Gasteiger partial charge in [-0.1, -0.05) is 54.5 Å². The third-order valence-electron chi connectivity index (χ3n) is 10.1. The number of carbonyl (C=O) groups excluding carboxylic acids is 2. The Morgan fingerprint density at radius 2 is 1.63 bits per heavy atom. The molecule has 0 atom stereocenters. The molecule has 0 bridgehead atoms. The fraction of sp³-hybridized carbons (Fsp3) is 0.357. The Morgan fingerprint density at radius 1 is 1.00 bits per heavy atom. The summed E-state index contributed by atoms with van der Waals surface area (Å²) in [5.74, 6) is -0.611. The number of aromatic nitrogens is 2. The Bertz CT molecular complexity index is 2200. The third kappa shape index (κ3) is 10.3. The van der Waals surface area contributed by atoms with E-state index in [9.17, 15) is 36.3 Å². The Morgan fingerprint density at radius 3 is 2.23 bits per heavy atom. The molecular weight excluding hydrogens is 749 g/mol. The molecule has 0 radical (unpaired) electrons. The number of benzene rings is 3. The van der Waals surface area contributed by atoms with Crippen molar-refractivity contribution in [3.63, 3.8) is 0 Å². The molecular formula is C42H42F5N5O5. The van der Waals surface area contributed by atoms with E-state index in [-0.39, 0.29) is 72.4 Å². The molecule has 1 saturated heterocycles. The van der Waals surface area contributed by atoms with E-state index in [0.29, 0.717) is 31.5 Å². The van der Waals surface area contributed by atoms with Crippen molar-refractivity contribution in [1.82, 2.24) is 19.4 Å². The van der Waals surface area contributed by atoms with Gasteiger partial charge in [0.2, 0.25) is 5.91 Å². The molecule has 1 fully saturated rings. The maximum Gasteiger partial charge on any atom is 0.573 e. The van der Waals surface area contributed by atoms with Gasteiger partial charge in [-0.3, -0.25) is 19.3 Å². The van der Waals surface area contributed by atoms with Crippen molar-refractivity contribution in [2.45, 2.75) is 77.5 Å². The van der Waals surface area contributed by atoms with Gasteiger partial charge in [-0.15, -0.1) is 19.6 Å². The number of esters is 1. The summed E-state index contributed by atoms with van der Waals surface area (Å²) in [6, 6.07) is 16.2. The summed E-state index contributed by atoms with van der Waals surface area (Å²) in [5.41, 5.74) is 0.804. The maximum atomic E-state index is 14.6. The molecule has 0 saturated carbocycles. The highest BCUT2D eigenvalue weighted by Crippen LogP contribution is 2.30. The fourth-order valence-corrected chi connectivity index (χ4v) is 6.90. The highest BCUT2D eigenvalue weighted by atomic mass is 19.4. The minimum Gasteiger partial charge on any atom is -0.468 e. The zero-order chi connectivity index (χ0) is 41.5. The van der Waals surface area contributed by atoms with Crippen LogP contribution in [0, 0.1) is 30.9 Å². The third-order valence-corrected chi connectivity index (χ3v) is 10.1. The molecule has 1 aliphatic rings. The van der Waals surface area contributed by atoms with Gasteiger partial charge in [-0.05, 0) is 80.5 Å². The fourth-order valence-electron chi connectivity index (χ4n) is 6.90. The number of nitrogens with zero attached hydrogens (tertiary/aromatic N) is 5. The number of hydrogen-bond donors (Lipinski definition) is 0. The summed E-state index contributed by atoms with van der Waals surface area (Å²) in [6.45, 7) is 5.84. The number of alkyl halides is 3.